The van der Waals surface area contributed by atoms with Crippen LogP contribution in [-0.2, 0) is 0 Å². The van der Waals surface area contributed by atoms with Gasteiger partial charge in [-0.2, -0.15) is 0 Å². The highest BCUT2D eigenvalue weighted by Gasteiger charge is 1.94. The topological polar surface area (TPSA) is 22.0 Å². The van der Waals surface area contributed by atoms with Crippen LogP contribution in [-0.4, -0.2) is 4.57 Å². The van der Waals surface area contributed by atoms with Crippen molar-refractivity contribution in [1.29, 1.82) is 0 Å². The quantitative estimate of drug-likeness (QED) is 0.637. The van der Waals surface area contributed by atoms with E-state index in [0.717, 1.165) is 5.69 Å². The average molecular weight is 170 g/mol. The van der Waals surface area contributed by atoms with E-state index in [1.54, 1.807) is 29.0 Å². The molecule has 2 heteroatoms. The lowest BCUT2D eigenvalue weighted by molar-refractivity contribution is 0.990. The van der Waals surface area contributed by atoms with Gasteiger partial charge in [0.25, 0.3) is 5.56 Å². The van der Waals surface area contributed by atoms with Crippen molar-refractivity contribution in [3.8, 4) is 5.69 Å². The molecule has 0 bridgehead atoms. The zero-order chi connectivity index (χ0) is 9.10. The normalized spacial score (nSPS) is 9.85. The van der Waals surface area contributed by atoms with Crippen molar-refractivity contribution in [3.05, 3.63) is 65.1 Å². The van der Waals surface area contributed by atoms with Gasteiger partial charge in [0.05, 0.1) is 0 Å². The van der Waals surface area contributed by atoms with Gasteiger partial charge in [-0.3, -0.25) is 9.36 Å². The van der Waals surface area contributed by atoms with E-state index in [1.165, 1.54) is 6.07 Å². The van der Waals surface area contributed by atoms with Gasteiger partial charge >= 0.3 is 0 Å². The second kappa shape index (κ2) is 3.27. The van der Waals surface area contributed by atoms with Gasteiger partial charge in [0.2, 0.25) is 0 Å². The molecule has 0 saturated carbocycles. The van der Waals surface area contributed by atoms with Crippen molar-refractivity contribution in [1.82, 2.24) is 4.57 Å². The van der Waals surface area contributed by atoms with E-state index in [-0.39, 0.29) is 5.56 Å². The van der Waals surface area contributed by atoms with Crippen molar-refractivity contribution in [3.63, 3.8) is 0 Å². The molecule has 13 heavy (non-hydrogen) atoms. The molecule has 1 radical (unpaired) electrons. The van der Waals surface area contributed by atoms with E-state index < -0.39 is 0 Å². The van der Waals surface area contributed by atoms with Crippen LogP contribution >= 0.6 is 0 Å². The fourth-order valence-electron chi connectivity index (χ4n) is 1.18. The summed E-state index contributed by atoms with van der Waals surface area (Å²) in [6.45, 7) is 0. The largest absolute Gasteiger partial charge is 0.284 e. The van der Waals surface area contributed by atoms with Gasteiger partial charge in [0, 0.05) is 18.0 Å². The van der Waals surface area contributed by atoms with Gasteiger partial charge in [-0.1, -0.05) is 18.2 Å². The molecule has 2 aromatic rings. The Labute approximate surface area is 76.1 Å². The molecule has 0 unspecified atom stereocenters. The van der Waals surface area contributed by atoms with Crippen LogP contribution in [0.4, 0.5) is 0 Å². The first kappa shape index (κ1) is 7.80. The highest BCUT2D eigenvalue weighted by molar-refractivity contribution is 5.30. The second-order valence-electron chi connectivity index (χ2n) is 2.67. The van der Waals surface area contributed by atoms with Gasteiger partial charge in [-0.05, 0) is 24.3 Å². The molecule has 0 fully saturated rings. The van der Waals surface area contributed by atoms with E-state index >= 15 is 0 Å². The Kier molecular flexibility index (Phi) is 1.96. The predicted molar refractivity (Wildman–Crippen MR) is 50.9 cm³/mol. The number of nitrogens with zero attached hydrogens (tertiary/aromatic N) is 1. The maximum absolute atomic E-state index is 11.4. The molecule has 0 saturated heterocycles. The number of aromatic nitrogens is 1. The first-order chi connectivity index (χ1) is 6.38. The Bertz CT molecular complexity index is 445. The lowest BCUT2D eigenvalue weighted by Gasteiger charge is -2.02. The molecular formula is C11H8NO. The number of benzene rings is 1. The summed E-state index contributed by atoms with van der Waals surface area (Å²) in [6, 6.07) is 15.3. The molecule has 2 nitrogen and oxygen atoms in total. The maximum Gasteiger partial charge on any atom is 0.255 e. The van der Waals surface area contributed by atoms with Crippen LogP contribution in [0.25, 0.3) is 5.69 Å². The summed E-state index contributed by atoms with van der Waals surface area (Å²) in [7, 11) is 0. The first-order valence-electron chi connectivity index (χ1n) is 4.02. The van der Waals surface area contributed by atoms with Crippen molar-refractivity contribution in [2.45, 2.75) is 0 Å². The second-order valence-corrected chi connectivity index (χ2v) is 2.67. The minimum absolute atomic E-state index is 0.0197. The number of hydrogen-bond acceptors (Lipinski definition) is 1. The van der Waals surface area contributed by atoms with E-state index in [0.29, 0.717) is 0 Å². The van der Waals surface area contributed by atoms with E-state index in [9.17, 15) is 4.79 Å². The Morgan fingerprint density at radius 1 is 1.08 bits per heavy atom. The SMILES string of the molecule is O=c1ccccn1-c1cc[c]cc1. The summed E-state index contributed by atoms with van der Waals surface area (Å²) < 4.78 is 1.59. The molecule has 2 rings (SSSR count). The summed E-state index contributed by atoms with van der Waals surface area (Å²) in [6.07, 6.45) is 1.75. The molecule has 0 amide bonds. The summed E-state index contributed by atoms with van der Waals surface area (Å²) in [5, 5.41) is 0. The summed E-state index contributed by atoms with van der Waals surface area (Å²) >= 11 is 0. The number of rotatable bonds is 1. The number of pyridine rings is 1. The summed E-state index contributed by atoms with van der Waals surface area (Å²) in [5.74, 6) is 0. The minimum atomic E-state index is -0.0197. The van der Waals surface area contributed by atoms with Crippen LogP contribution in [0.3, 0.4) is 0 Å². The fourth-order valence-corrected chi connectivity index (χ4v) is 1.18. The number of hydrogen-bond donors (Lipinski definition) is 0. The van der Waals surface area contributed by atoms with Crippen LogP contribution in [0, 0.1) is 6.07 Å². The zero-order valence-corrected chi connectivity index (χ0v) is 6.97. The van der Waals surface area contributed by atoms with Gasteiger partial charge in [-0.15, -0.1) is 0 Å². The lowest BCUT2D eigenvalue weighted by atomic mass is 10.3. The molecule has 1 heterocycles. The Morgan fingerprint density at radius 3 is 2.54 bits per heavy atom. The third kappa shape index (κ3) is 1.51. The standard InChI is InChI=1S/C11H8NO/c13-11-8-4-5-9-12(11)10-6-2-1-3-7-10/h2-9H. The lowest BCUT2D eigenvalue weighted by Crippen LogP contribution is -2.15. The molecule has 0 aliphatic carbocycles. The zero-order valence-electron chi connectivity index (χ0n) is 6.97. The predicted octanol–water partition coefficient (Wildman–Crippen LogP) is 1.64. The third-order valence-corrected chi connectivity index (χ3v) is 1.80. The average Bonchev–Trinajstić information content (AvgIpc) is 2.20. The molecule has 63 valence electrons. The third-order valence-electron chi connectivity index (χ3n) is 1.80. The highest BCUT2D eigenvalue weighted by Crippen LogP contribution is 2.01. The first-order valence-corrected chi connectivity index (χ1v) is 4.02. The molecule has 0 N–H and O–H groups in total. The van der Waals surface area contributed by atoms with Crippen molar-refractivity contribution in [2.24, 2.45) is 0 Å². The molecule has 1 aromatic heterocycles. The Morgan fingerprint density at radius 2 is 1.85 bits per heavy atom. The fraction of sp³-hybridized carbons (Fsp3) is 0. The van der Waals surface area contributed by atoms with Crippen LogP contribution < -0.4 is 5.56 Å². The molecule has 0 aliphatic heterocycles. The summed E-state index contributed by atoms with van der Waals surface area (Å²) in [4.78, 5) is 11.4. The monoisotopic (exact) mass is 170 g/mol. The maximum atomic E-state index is 11.4. The molecule has 0 spiro atoms. The van der Waals surface area contributed by atoms with Crippen LogP contribution in [0.15, 0.2) is 53.5 Å². The van der Waals surface area contributed by atoms with E-state index in [2.05, 4.69) is 6.07 Å². The molecule has 1 aromatic carbocycles. The molecule has 0 aliphatic rings. The van der Waals surface area contributed by atoms with E-state index in [4.69, 9.17) is 0 Å². The highest BCUT2D eigenvalue weighted by atomic mass is 16.1. The van der Waals surface area contributed by atoms with Gasteiger partial charge < -0.3 is 0 Å². The van der Waals surface area contributed by atoms with Gasteiger partial charge in [0.15, 0.2) is 0 Å². The van der Waals surface area contributed by atoms with Crippen LogP contribution in [0.2, 0.25) is 0 Å². The molecule has 0 atom stereocenters. The smallest absolute Gasteiger partial charge is 0.255 e. The van der Waals surface area contributed by atoms with Crippen LogP contribution in [0.1, 0.15) is 0 Å². The Hall–Kier alpha value is -1.83. The van der Waals surface area contributed by atoms with Gasteiger partial charge in [-0.25, -0.2) is 0 Å². The molecular weight excluding hydrogens is 162 g/mol. The van der Waals surface area contributed by atoms with E-state index in [1.807, 2.05) is 18.2 Å². The summed E-state index contributed by atoms with van der Waals surface area (Å²) in [5.41, 5.74) is 0.845. The minimum Gasteiger partial charge on any atom is -0.284 e. The van der Waals surface area contributed by atoms with Crippen molar-refractivity contribution < 1.29 is 0 Å². The van der Waals surface area contributed by atoms with Gasteiger partial charge in [0.1, 0.15) is 0 Å². The van der Waals surface area contributed by atoms with Crippen molar-refractivity contribution in [2.75, 3.05) is 0 Å². The van der Waals surface area contributed by atoms with Crippen molar-refractivity contribution >= 4 is 0 Å². The Balaban J connectivity index is 2.60. The van der Waals surface area contributed by atoms with Crippen LogP contribution in [0.5, 0.6) is 0 Å².